The highest BCUT2D eigenvalue weighted by Gasteiger charge is 2.19. The van der Waals surface area contributed by atoms with Gasteiger partial charge < -0.3 is 14.2 Å². The molecule has 4 rings (SSSR count). The maximum Gasteiger partial charge on any atom is 0.127 e. The van der Waals surface area contributed by atoms with Gasteiger partial charge in [0.25, 0.3) is 0 Å². The molecule has 0 saturated carbocycles. The number of aromatic nitrogens is 1. The molecular weight excluding hydrogens is 423 g/mol. The van der Waals surface area contributed by atoms with Crippen LogP contribution in [0.2, 0.25) is 0 Å². The molecule has 1 aromatic heterocycles. The summed E-state index contributed by atoms with van der Waals surface area (Å²) < 4.78 is 21.6. The molecule has 0 saturated heterocycles. The van der Waals surface area contributed by atoms with Gasteiger partial charge in [-0.3, -0.25) is 0 Å². The number of hydrogen-bond donors (Lipinski definition) is 0. The lowest BCUT2D eigenvalue weighted by molar-refractivity contribution is 0.292. The summed E-state index contributed by atoms with van der Waals surface area (Å²) in [5.74, 6) is 1.64. The first-order valence-corrected chi connectivity index (χ1v) is 12.3. The maximum atomic E-state index is 13.2. The smallest absolute Gasteiger partial charge is 0.127 e. The molecule has 1 unspecified atom stereocenters. The number of benzene rings is 2. The van der Waals surface area contributed by atoms with E-state index in [1.807, 2.05) is 12.2 Å². The molecule has 2 aromatic carbocycles. The van der Waals surface area contributed by atoms with Crippen LogP contribution in [0.1, 0.15) is 38.3 Å². The number of likely N-dealkylation sites (N-methyl/N-ethyl adjacent to an activating group) is 1. The zero-order valence-corrected chi connectivity index (χ0v) is 20.6. The average Bonchev–Trinajstić information content (AvgIpc) is 3.18. The standard InChI is InChI=1S/C30H35FN2O/c1-5-8-24-21-33(18-17-32(6-2)7-3)30-16-9-23(20-29(24)30)28-15-14-27(19-22(28)4)34-26-12-10-25(31)11-13-26/h5,9-16,20-22H,1,6-8,17-19H2,2-4H3. The second-order valence-corrected chi connectivity index (χ2v) is 9.02. The first-order chi connectivity index (χ1) is 16.5. The molecule has 1 aliphatic rings. The summed E-state index contributed by atoms with van der Waals surface area (Å²) in [4.78, 5) is 2.46. The molecule has 1 atom stereocenters. The topological polar surface area (TPSA) is 17.4 Å². The minimum atomic E-state index is -0.256. The SMILES string of the molecule is C=CCc1cn(CCN(CC)CC)c2ccc(C3=CC=C(Oc4ccc(F)cc4)CC3C)cc12. The van der Waals surface area contributed by atoms with E-state index >= 15 is 0 Å². The fourth-order valence-electron chi connectivity index (χ4n) is 4.78. The summed E-state index contributed by atoms with van der Waals surface area (Å²) in [5, 5.41) is 1.31. The normalized spacial score (nSPS) is 16.0. The van der Waals surface area contributed by atoms with Gasteiger partial charge in [-0.2, -0.15) is 0 Å². The highest BCUT2D eigenvalue weighted by molar-refractivity contribution is 5.88. The predicted octanol–water partition coefficient (Wildman–Crippen LogP) is 7.24. The molecule has 0 radical (unpaired) electrons. The first kappa shape index (κ1) is 24.0. The minimum Gasteiger partial charge on any atom is -0.462 e. The van der Waals surface area contributed by atoms with E-state index in [2.05, 4.69) is 67.3 Å². The van der Waals surface area contributed by atoms with Gasteiger partial charge in [0.15, 0.2) is 0 Å². The summed E-state index contributed by atoms with van der Waals surface area (Å²) in [6.45, 7) is 14.8. The molecule has 0 fully saturated rings. The van der Waals surface area contributed by atoms with Crippen LogP contribution < -0.4 is 4.74 Å². The van der Waals surface area contributed by atoms with Crippen LogP contribution in [0.4, 0.5) is 4.39 Å². The Morgan fingerprint density at radius 3 is 2.56 bits per heavy atom. The molecule has 1 heterocycles. The molecule has 178 valence electrons. The molecule has 4 heteroatoms. The van der Waals surface area contributed by atoms with Gasteiger partial charge in [0, 0.05) is 36.6 Å². The van der Waals surface area contributed by atoms with Crippen LogP contribution in [0, 0.1) is 11.7 Å². The fraction of sp³-hybridized carbons (Fsp3) is 0.333. The molecule has 0 aliphatic heterocycles. The lowest BCUT2D eigenvalue weighted by Gasteiger charge is -2.22. The van der Waals surface area contributed by atoms with E-state index in [0.717, 1.165) is 44.8 Å². The van der Waals surface area contributed by atoms with E-state index in [4.69, 9.17) is 4.74 Å². The monoisotopic (exact) mass is 458 g/mol. The van der Waals surface area contributed by atoms with Crippen molar-refractivity contribution in [2.24, 2.45) is 5.92 Å². The third-order valence-corrected chi connectivity index (χ3v) is 6.76. The summed E-state index contributed by atoms with van der Waals surface area (Å²) in [7, 11) is 0. The number of halogens is 1. The van der Waals surface area contributed by atoms with Crippen molar-refractivity contribution in [3.63, 3.8) is 0 Å². The Kier molecular flexibility index (Phi) is 7.69. The van der Waals surface area contributed by atoms with Crippen molar-refractivity contribution in [2.75, 3.05) is 19.6 Å². The Bertz CT molecular complexity index is 1200. The van der Waals surface area contributed by atoms with Gasteiger partial charge in [-0.15, -0.1) is 6.58 Å². The molecular formula is C30H35FN2O. The molecule has 0 spiro atoms. The minimum absolute atomic E-state index is 0.256. The quantitative estimate of drug-likeness (QED) is 0.298. The van der Waals surface area contributed by atoms with Gasteiger partial charge in [0.2, 0.25) is 0 Å². The van der Waals surface area contributed by atoms with Gasteiger partial charge in [0.1, 0.15) is 17.3 Å². The van der Waals surface area contributed by atoms with Crippen LogP contribution in [0.15, 0.2) is 79.2 Å². The number of nitrogens with zero attached hydrogens (tertiary/aromatic N) is 2. The Labute approximate surface area is 202 Å². The van der Waals surface area contributed by atoms with Crippen molar-refractivity contribution < 1.29 is 9.13 Å². The Morgan fingerprint density at radius 2 is 1.88 bits per heavy atom. The van der Waals surface area contributed by atoms with Crippen molar-refractivity contribution in [1.29, 1.82) is 0 Å². The van der Waals surface area contributed by atoms with Crippen molar-refractivity contribution in [3.8, 4) is 5.75 Å². The van der Waals surface area contributed by atoms with Crippen LogP contribution in [-0.4, -0.2) is 29.1 Å². The average molecular weight is 459 g/mol. The third-order valence-electron chi connectivity index (χ3n) is 6.76. The lowest BCUT2D eigenvalue weighted by Crippen LogP contribution is -2.26. The van der Waals surface area contributed by atoms with E-state index in [1.54, 1.807) is 12.1 Å². The zero-order chi connectivity index (χ0) is 24.1. The van der Waals surface area contributed by atoms with E-state index < -0.39 is 0 Å². The predicted molar refractivity (Wildman–Crippen MR) is 140 cm³/mol. The largest absolute Gasteiger partial charge is 0.462 e. The highest BCUT2D eigenvalue weighted by atomic mass is 19.1. The summed E-state index contributed by atoms with van der Waals surface area (Å²) in [5.41, 5.74) is 5.18. The molecule has 3 nitrogen and oxygen atoms in total. The summed E-state index contributed by atoms with van der Waals surface area (Å²) in [6, 6.07) is 13.0. The Morgan fingerprint density at radius 1 is 1.12 bits per heavy atom. The number of fused-ring (bicyclic) bond motifs is 1. The van der Waals surface area contributed by atoms with Crippen molar-refractivity contribution >= 4 is 16.5 Å². The summed E-state index contributed by atoms with van der Waals surface area (Å²) in [6.07, 6.45) is 10.2. The molecule has 1 aliphatic carbocycles. The molecule has 0 amide bonds. The van der Waals surface area contributed by atoms with Crippen molar-refractivity contribution in [2.45, 2.75) is 40.2 Å². The second-order valence-electron chi connectivity index (χ2n) is 9.02. The molecule has 0 bridgehead atoms. The maximum absolute atomic E-state index is 13.2. The molecule has 0 N–H and O–H groups in total. The first-order valence-electron chi connectivity index (χ1n) is 12.3. The Balaban J connectivity index is 1.60. The van der Waals surface area contributed by atoms with E-state index in [0.29, 0.717) is 11.7 Å². The summed E-state index contributed by atoms with van der Waals surface area (Å²) >= 11 is 0. The second kappa shape index (κ2) is 10.9. The third kappa shape index (κ3) is 5.34. The number of allylic oxidation sites excluding steroid dienone is 5. The Hall–Kier alpha value is -3.11. The van der Waals surface area contributed by atoms with Gasteiger partial charge in [-0.25, -0.2) is 4.39 Å². The van der Waals surface area contributed by atoms with E-state index in [-0.39, 0.29) is 5.82 Å². The van der Waals surface area contributed by atoms with Crippen LogP contribution in [-0.2, 0) is 13.0 Å². The van der Waals surface area contributed by atoms with Crippen LogP contribution in [0.25, 0.3) is 16.5 Å². The number of rotatable bonds is 10. The van der Waals surface area contributed by atoms with Gasteiger partial charge in [-0.1, -0.05) is 39.0 Å². The van der Waals surface area contributed by atoms with E-state index in [1.165, 1.54) is 39.7 Å². The van der Waals surface area contributed by atoms with Crippen LogP contribution in [0.5, 0.6) is 5.75 Å². The molecule has 34 heavy (non-hydrogen) atoms. The van der Waals surface area contributed by atoms with Gasteiger partial charge >= 0.3 is 0 Å². The number of ether oxygens (including phenoxy) is 1. The van der Waals surface area contributed by atoms with Crippen LogP contribution in [0.3, 0.4) is 0 Å². The number of hydrogen-bond acceptors (Lipinski definition) is 2. The van der Waals surface area contributed by atoms with Crippen molar-refractivity contribution in [3.05, 3.63) is 96.2 Å². The lowest BCUT2D eigenvalue weighted by atomic mass is 9.86. The van der Waals surface area contributed by atoms with E-state index in [9.17, 15) is 4.39 Å². The molecule has 3 aromatic rings. The van der Waals surface area contributed by atoms with Gasteiger partial charge in [-0.05, 0) is 84.6 Å². The van der Waals surface area contributed by atoms with Crippen molar-refractivity contribution in [1.82, 2.24) is 9.47 Å². The zero-order valence-electron chi connectivity index (χ0n) is 20.6. The highest BCUT2D eigenvalue weighted by Crippen LogP contribution is 2.35. The van der Waals surface area contributed by atoms with Crippen LogP contribution >= 0.6 is 0 Å². The van der Waals surface area contributed by atoms with Gasteiger partial charge in [0.05, 0.1) is 0 Å². The fourth-order valence-corrected chi connectivity index (χ4v) is 4.78.